The average Bonchev–Trinajstić information content (AvgIpc) is 2.69. The smallest absolute Gasteiger partial charge is 0.195 e. The molecule has 0 aliphatic carbocycles. The van der Waals surface area contributed by atoms with Gasteiger partial charge in [0.1, 0.15) is 12.1 Å². The van der Waals surface area contributed by atoms with E-state index in [1.54, 1.807) is 30.8 Å². The number of rotatable bonds is 3. The first-order valence-electron chi connectivity index (χ1n) is 5.49. The second kappa shape index (κ2) is 5.07. The minimum atomic E-state index is -0.726. The quantitative estimate of drug-likeness (QED) is 0.928. The third-order valence-corrected chi connectivity index (χ3v) is 3.74. The number of aliphatic hydroxyl groups excluding tert-OH is 1. The molecule has 0 aliphatic rings. The topological polar surface area (TPSA) is 50.9 Å². The van der Waals surface area contributed by atoms with Crippen LogP contribution >= 0.6 is 11.8 Å². The molecule has 1 atom stereocenters. The number of halogens is 1. The van der Waals surface area contributed by atoms with Gasteiger partial charge in [0, 0.05) is 11.9 Å². The van der Waals surface area contributed by atoms with E-state index in [1.165, 1.54) is 17.8 Å². The van der Waals surface area contributed by atoms with Gasteiger partial charge < -0.3 is 9.67 Å². The van der Waals surface area contributed by atoms with Crippen molar-refractivity contribution >= 4 is 11.8 Å². The van der Waals surface area contributed by atoms with E-state index in [0.29, 0.717) is 16.3 Å². The monoisotopic (exact) mass is 267 g/mol. The lowest BCUT2D eigenvalue weighted by molar-refractivity contribution is 0.196. The molecule has 96 valence electrons. The van der Waals surface area contributed by atoms with E-state index < -0.39 is 6.10 Å². The summed E-state index contributed by atoms with van der Waals surface area (Å²) >= 11 is 1.36. The van der Waals surface area contributed by atoms with Crippen LogP contribution in [0.4, 0.5) is 4.39 Å². The van der Waals surface area contributed by atoms with Crippen molar-refractivity contribution in [3.63, 3.8) is 0 Å². The number of hydrogen-bond donors (Lipinski definition) is 1. The zero-order chi connectivity index (χ0) is 13.3. The van der Waals surface area contributed by atoms with Crippen LogP contribution < -0.4 is 0 Å². The Kier molecular flexibility index (Phi) is 3.68. The molecule has 0 saturated heterocycles. The van der Waals surface area contributed by atoms with Crippen LogP contribution in [-0.4, -0.2) is 19.9 Å². The van der Waals surface area contributed by atoms with E-state index in [4.69, 9.17) is 0 Å². The molecule has 18 heavy (non-hydrogen) atoms. The van der Waals surface area contributed by atoms with Crippen molar-refractivity contribution in [3.05, 3.63) is 35.4 Å². The normalized spacial score (nSPS) is 12.7. The molecule has 0 saturated carbocycles. The van der Waals surface area contributed by atoms with Crippen LogP contribution in [0.3, 0.4) is 0 Å². The van der Waals surface area contributed by atoms with Crippen molar-refractivity contribution < 1.29 is 9.50 Å². The lowest BCUT2D eigenvalue weighted by Crippen LogP contribution is -1.98. The summed E-state index contributed by atoms with van der Waals surface area (Å²) in [6.07, 6.45) is 0.872. The first kappa shape index (κ1) is 13.0. The van der Waals surface area contributed by atoms with E-state index in [2.05, 4.69) is 10.2 Å². The fourth-order valence-electron chi connectivity index (χ4n) is 1.55. The number of aliphatic hydroxyl groups is 1. The summed E-state index contributed by atoms with van der Waals surface area (Å²) < 4.78 is 15.3. The van der Waals surface area contributed by atoms with Gasteiger partial charge in [0.2, 0.25) is 0 Å². The minimum absolute atomic E-state index is 0.312. The van der Waals surface area contributed by atoms with Gasteiger partial charge in [0.15, 0.2) is 5.16 Å². The fourth-order valence-corrected chi connectivity index (χ4v) is 2.61. The van der Waals surface area contributed by atoms with Crippen LogP contribution in [0.1, 0.15) is 24.2 Å². The minimum Gasteiger partial charge on any atom is -0.389 e. The molecule has 2 rings (SSSR count). The second-order valence-electron chi connectivity index (χ2n) is 4.14. The fraction of sp³-hybridized carbons (Fsp3) is 0.333. The molecule has 0 bridgehead atoms. The van der Waals surface area contributed by atoms with Crippen molar-refractivity contribution in [1.29, 1.82) is 0 Å². The molecule has 1 aromatic heterocycles. The predicted octanol–water partition coefficient (Wildman–Crippen LogP) is 2.47. The van der Waals surface area contributed by atoms with Crippen molar-refractivity contribution in [3.8, 4) is 0 Å². The number of hydrogen-bond acceptors (Lipinski definition) is 4. The van der Waals surface area contributed by atoms with Crippen LogP contribution in [0.15, 0.2) is 28.5 Å². The lowest BCUT2D eigenvalue weighted by Gasteiger charge is -2.12. The maximum atomic E-state index is 13.5. The number of nitrogens with zero attached hydrogens (tertiary/aromatic N) is 3. The molecule has 0 unspecified atom stereocenters. The highest BCUT2D eigenvalue weighted by molar-refractivity contribution is 7.99. The van der Waals surface area contributed by atoms with Crippen LogP contribution in [-0.2, 0) is 7.05 Å². The Bertz CT molecular complexity index is 568. The van der Waals surface area contributed by atoms with Crippen molar-refractivity contribution in [1.82, 2.24) is 14.8 Å². The number of benzene rings is 1. The zero-order valence-corrected chi connectivity index (χ0v) is 11.2. The maximum Gasteiger partial charge on any atom is 0.195 e. The zero-order valence-electron chi connectivity index (χ0n) is 10.4. The van der Waals surface area contributed by atoms with Crippen molar-refractivity contribution in [2.75, 3.05) is 0 Å². The van der Waals surface area contributed by atoms with Gasteiger partial charge in [-0.2, -0.15) is 0 Å². The molecular weight excluding hydrogens is 253 g/mol. The number of aryl methyl sites for hydroxylation is 2. The third-order valence-electron chi connectivity index (χ3n) is 2.61. The summed E-state index contributed by atoms with van der Waals surface area (Å²) in [7, 11) is 1.83. The standard InChI is InChI=1S/C12H14FN3OS/c1-7-4-11(9(8(2)17)5-10(7)13)18-12-15-14-6-16(12)3/h4-6,8,17H,1-3H3/t8-/m1/s1. The first-order valence-corrected chi connectivity index (χ1v) is 6.30. The van der Waals surface area contributed by atoms with Crippen molar-refractivity contribution in [2.24, 2.45) is 7.05 Å². The Hall–Kier alpha value is -1.40. The largest absolute Gasteiger partial charge is 0.389 e. The van der Waals surface area contributed by atoms with Crippen LogP contribution in [0.25, 0.3) is 0 Å². The Labute approximate surface area is 109 Å². The molecule has 4 nitrogen and oxygen atoms in total. The van der Waals surface area contributed by atoms with Gasteiger partial charge >= 0.3 is 0 Å². The van der Waals surface area contributed by atoms with Gasteiger partial charge in [0.05, 0.1) is 6.10 Å². The second-order valence-corrected chi connectivity index (χ2v) is 5.15. The van der Waals surface area contributed by atoms with Gasteiger partial charge in [-0.25, -0.2) is 4.39 Å². The molecule has 1 heterocycles. The van der Waals surface area contributed by atoms with E-state index in [-0.39, 0.29) is 5.82 Å². The highest BCUT2D eigenvalue weighted by Crippen LogP contribution is 2.33. The number of aromatic nitrogens is 3. The van der Waals surface area contributed by atoms with Crippen LogP contribution in [0.2, 0.25) is 0 Å². The van der Waals surface area contributed by atoms with Gasteiger partial charge in [-0.1, -0.05) is 0 Å². The summed E-state index contributed by atoms with van der Waals surface area (Å²) in [5.41, 5.74) is 1.11. The van der Waals surface area contributed by atoms with E-state index in [1.807, 2.05) is 7.05 Å². The highest BCUT2D eigenvalue weighted by Gasteiger charge is 2.14. The van der Waals surface area contributed by atoms with Gasteiger partial charge in [-0.05, 0) is 48.9 Å². The summed E-state index contributed by atoms with van der Waals surface area (Å²) in [5, 5.41) is 18.1. The molecule has 0 fully saturated rings. The SMILES string of the molecule is Cc1cc(Sc2nncn2C)c([C@@H](C)O)cc1F. The Morgan fingerprint density at radius 1 is 1.44 bits per heavy atom. The van der Waals surface area contributed by atoms with Crippen molar-refractivity contribution in [2.45, 2.75) is 30.0 Å². The van der Waals surface area contributed by atoms with Crippen LogP contribution in [0.5, 0.6) is 0 Å². The van der Waals surface area contributed by atoms with Crippen LogP contribution in [0, 0.1) is 12.7 Å². The summed E-state index contributed by atoms with van der Waals surface area (Å²) in [6, 6.07) is 3.09. The molecular formula is C12H14FN3OS. The Balaban J connectivity index is 2.43. The molecule has 0 radical (unpaired) electrons. The van der Waals surface area contributed by atoms with E-state index in [9.17, 15) is 9.50 Å². The predicted molar refractivity (Wildman–Crippen MR) is 66.9 cm³/mol. The Morgan fingerprint density at radius 2 is 2.17 bits per heavy atom. The van der Waals surface area contributed by atoms with Gasteiger partial charge in [-0.3, -0.25) is 0 Å². The molecule has 0 amide bonds. The lowest BCUT2D eigenvalue weighted by atomic mass is 10.1. The first-order chi connectivity index (χ1) is 8.49. The maximum absolute atomic E-state index is 13.5. The molecule has 6 heteroatoms. The third kappa shape index (κ3) is 2.54. The summed E-state index contributed by atoms with van der Waals surface area (Å²) in [6.45, 7) is 3.31. The molecule has 1 N–H and O–H groups in total. The van der Waals surface area contributed by atoms with Gasteiger partial charge in [-0.15, -0.1) is 10.2 Å². The summed E-state index contributed by atoms with van der Waals surface area (Å²) in [5.74, 6) is -0.312. The summed E-state index contributed by atoms with van der Waals surface area (Å²) in [4.78, 5) is 0.792. The molecule has 2 aromatic rings. The Morgan fingerprint density at radius 3 is 2.72 bits per heavy atom. The van der Waals surface area contributed by atoms with Gasteiger partial charge in [0.25, 0.3) is 0 Å². The van der Waals surface area contributed by atoms with E-state index >= 15 is 0 Å². The average molecular weight is 267 g/mol. The molecule has 0 spiro atoms. The molecule has 0 aliphatic heterocycles. The highest BCUT2D eigenvalue weighted by atomic mass is 32.2. The van der Waals surface area contributed by atoms with E-state index in [0.717, 1.165) is 4.90 Å². The molecule has 1 aromatic carbocycles.